The molecule has 6 nitrogen and oxygen atoms in total. The van der Waals surface area contributed by atoms with Gasteiger partial charge in [0.15, 0.2) is 5.78 Å². The SMILES string of the molecule is CC(=O)c1cccc(NC(=O)C(C)Nc2ccc(NC(=O)C(C)C)cc2)c1. The van der Waals surface area contributed by atoms with E-state index in [-0.39, 0.29) is 23.5 Å². The molecule has 2 aromatic rings. The summed E-state index contributed by atoms with van der Waals surface area (Å²) in [5, 5.41) is 8.73. The fourth-order valence-corrected chi connectivity index (χ4v) is 2.32. The fraction of sp³-hybridized carbons (Fsp3) is 0.286. The first-order valence-corrected chi connectivity index (χ1v) is 8.85. The van der Waals surface area contributed by atoms with Crippen LogP contribution in [0.1, 0.15) is 38.1 Å². The van der Waals surface area contributed by atoms with E-state index in [1.54, 1.807) is 55.5 Å². The van der Waals surface area contributed by atoms with E-state index in [4.69, 9.17) is 0 Å². The largest absolute Gasteiger partial charge is 0.374 e. The molecule has 0 aliphatic rings. The molecule has 27 heavy (non-hydrogen) atoms. The summed E-state index contributed by atoms with van der Waals surface area (Å²) in [7, 11) is 0. The molecule has 0 bridgehead atoms. The Morgan fingerprint density at radius 2 is 1.37 bits per heavy atom. The molecule has 142 valence electrons. The van der Waals surface area contributed by atoms with E-state index in [1.165, 1.54) is 6.92 Å². The van der Waals surface area contributed by atoms with Crippen LogP contribution in [-0.4, -0.2) is 23.6 Å². The summed E-state index contributed by atoms with van der Waals surface area (Å²) in [6, 6.07) is 13.5. The highest BCUT2D eigenvalue weighted by Crippen LogP contribution is 2.16. The van der Waals surface area contributed by atoms with E-state index in [0.717, 1.165) is 5.69 Å². The van der Waals surface area contributed by atoms with E-state index in [9.17, 15) is 14.4 Å². The summed E-state index contributed by atoms with van der Waals surface area (Å²) >= 11 is 0. The van der Waals surface area contributed by atoms with E-state index < -0.39 is 6.04 Å². The van der Waals surface area contributed by atoms with Crippen LogP contribution in [0.25, 0.3) is 0 Å². The predicted octanol–water partition coefficient (Wildman–Crippen LogP) is 3.92. The van der Waals surface area contributed by atoms with Crippen LogP contribution in [0.15, 0.2) is 48.5 Å². The number of nitrogens with one attached hydrogen (secondary N) is 3. The van der Waals surface area contributed by atoms with E-state index in [1.807, 2.05) is 13.8 Å². The Balaban J connectivity index is 1.95. The van der Waals surface area contributed by atoms with Crippen LogP contribution < -0.4 is 16.0 Å². The number of hydrogen-bond acceptors (Lipinski definition) is 4. The topological polar surface area (TPSA) is 87.3 Å². The second-order valence-electron chi connectivity index (χ2n) is 6.71. The van der Waals surface area contributed by atoms with Gasteiger partial charge in [0.2, 0.25) is 11.8 Å². The Bertz CT molecular complexity index is 829. The maximum atomic E-state index is 12.4. The molecule has 0 spiro atoms. The normalized spacial score (nSPS) is 11.6. The Morgan fingerprint density at radius 1 is 0.778 bits per heavy atom. The third kappa shape index (κ3) is 5.95. The van der Waals surface area contributed by atoms with Crippen LogP contribution >= 0.6 is 0 Å². The standard InChI is InChI=1S/C21H25N3O3/c1-13(2)20(26)23-18-10-8-17(9-11-18)22-14(3)21(27)24-19-7-5-6-16(12-19)15(4)25/h5-14,22H,1-4H3,(H,23,26)(H,24,27). The number of anilines is 3. The zero-order valence-electron chi connectivity index (χ0n) is 16.0. The first kappa shape index (κ1) is 20.2. The Morgan fingerprint density at radius 3 is 1.96 bits per heavy atom. The molecule has 6 heteroatoms. The van der Waals surface area contributed by atoms with Gasteiger partial charge in [0.05, 0.1) is 0 Å². The van der Waals surface area contributed by atoms with Crippen LogP contribution in [0.4, 0.5) is 17.1 Å². The zero-order valence-corrected chi connectivity index (χ0v) is 16.0. The summed E-state index contributed by atoms with van der Waals surface area (Å²) in [4.78, 5) is 35.5. The monoisotopic (exact) mass is 367 g/mol. The van der Waals surface area contributed by atoms with Crippen LogP contribution in [0.3, 0.4) is 0 Å². The third-order valence-corrected chi connectivity index (χ3v) is 3.99. The summed E-state index contributed by atoms with van der Waals surface area (Å²) in [5.74, 6) is -0.404. The Labute approximate surface area is 159 Å². The molecule has 1 unspecified atom stereocenters. The molecule has 2 amide bonds. The quantitative estimate of drug-likeness (QED) is 0.647. The summed E-state index contributed by atoms with van der Waals surface area (Å²) < 4.78 is 0. The number of carbonyl (C=O) groups excluding carboxylic acids is 3. The summed E-state index contributed by atoms with van der Waals surface area (Å²) in [5.41, 5.74) is 2.59. The Kier molecular flexibility index (Phi) is 6.71. The molecular weight excluding hydrogens is 342 g/mol. The van der Waals surface area contributed by atoms with Crippen molar-refractivity contribution in [2.24, 2.45) is 5.92 Å². The average molecular weight is 367 g/mol. The molecule has 0 aromatic heterocycles. The number of hydrogen-bond donors (Lipinski definition) is 3. The van der Waals surface area contributed by atoms with Gasteiger partial charge in [-0.05, 0) is 50.2 Å². The molecule has 0 aliphatic heterocycles. The van der Waals surface area contributed by atoms with Crippen molar-refractivity contribution in [2.75, 3.05) is 16.0 Å². The minimum Gasteiger partial charge on any atom is -0.374 e. The summed E-state index contributed by atoms with van der Waals surface area (Å²) in [6.45, 7) is 6.90. The van der Waals surface area contributed by atoms with E-state index >= 15 is 0 Å². The predicted molar refractivity (Wildman–Crippen MR) is 108 cm³/mol. The third-order valence-electron chi connectivity index (χ3n) is 3.99. The lowest BCUT2D eigenvalue weighted by molar-refractivity contribution is -0.119. The number of amides is 2. The van der Waals surface area contributed by atoms with Crippen molar-refractivity contribution >= 4 is 34.7 Å². The molecule has 0 heterocycles. The van der Waals surface area contributed by atoms with Crippen LogP contribution in [-0.2, 0) is 9.59 Å². The Hall–Kier alpha value is -3.15. The van der Waals surface area contributed by atoms with Gasteiger partial charge in [-0.1, -0.05) is 26.0 Å². The van der Waals surface area contributed by atoms with Crippen molar-refractivity contribution in [3.63, 3.8) is 0 Å². The van der Waals surface area contributed by atoms with E-state index in [0.29, 0.717) is 16.9 Å². The van der Waals surface area contributed by atoms with Crippen molar-refractivity contribution in [2.45, 2.75) is 33.7 Å². The smallest absolute Gasteiger partial charge is 0.246 e. The maximum absolute atomic E-state index is 12.4. The van der Waals surface area contributed by atoms with Crippen molar-refractivity contribution in [1.29, 1.82) is 0 Å². The molecule has 0 saturated carbocycles. The molecule has 0 aliphatic carbocycles. The fourth-order valence-electron chi connectivity index (χ4n) is 2.32. The molecule has 2 aromatic carbocycles. The molecule has 2 rings (SSSR count). The zero-order chi connectivity index (χ0) is 20.0. The van der Waals surface area contributed by atoms with Crippen molar-refractivity contribution in [3.05, 3.63) is 54.1 Å². The minimum atomic E-state index is -0.484. The molecule has 0 fully saturated rings. The number of Topliss-reactive ketones (excluding diaryl/α,β-unsaturated/α-hetero) is 1. The lowest BCUT2D eigenvalue weighted by atomic mass is 10.1. The molecule has 0 radical (unpaired) electrons. The van der Waals surface area contributed by atoms with Gasteiger partial charge < -0.3 is 16.0 Å². The van der Waals surface area contributed by atoms with Gasteiger partial charge >= 0.3 is 0 Å². The second kappa shape index (κ2) is 8.98. The van der Waals surface area contributed by atoms with Crippen molar-refractivity contribution in [1.82, 2.24) is 0 Å². The van der Waals surface area contributed by atoms with Crippen LogP contribution in [0, 0.1) is 5.92 Å². The first-order chi connectivity index (χ1) is 12.8. The van der Waals surface area contributed by atoms with E-state index in [2.05, 4.69) is 16.0 Å². The number of benzene rings is 2. The second-order valence-corrected chi connectivity index (χ2v) is 6.71. The summed E-state index contributed by atoms with van der Waals surface area (Å²) in [6.07, 6.45) is 0. The van der Waals surface area contributed by atoms with Gasteiger partial charge in [-0.2, -0.15) is 0 Å². The molecule has 3 N–H and O–H groups in total. The average Bonchev–Trinajstić information content (AvgIpc) is 2.63. The van der Waals surface area contributed by atoms with Gasteiger partial charge in [0, 0.05) is 28.5 Å². The van der Waals surface area contributed by atoms with Crippen molar-refractivity contribution < 1.29 is 14.4 Å². The van der Waals surface area contributed by atoms with Crippen LogP contribution in [0.5, 0.6) is 0 Å². The number of ketones is 1. The molecule has 0 saturated heterocycles. The lowest BCUT2D eigenvalue weighted by Gasteiger charge is -2.16. The van der Waals surface area contributed by atoms with Gasteiger partial charge in [0.1, 0.15) is 6.04 Å². The highest BCUT2D eigenvalue weighted by atomic mass is 16.2. The highest BCUT2D eigenvalue weighted by Gasteiger charge is 2.14. The highest BCUT2D eigenvalue weighted by molar-refractivity contribution is 5.99. The van der Waals surface area contributed by atoms with Gasteiger partial charge in [0.25, 0.3) is 0 Å². The number of carbonyl (C=O) groups is 3. The first-order valence-electron chi connectivity index (χ1n) is 8.85. The van der Waals surface area contributed by atoms with Crippen LogP contribution in [0.2, 0.25) is 0 Å². The van der Waals surface area contributed by atoms with Gasteiger partial charge in [-0.15, -0.1) is 0 Å². The van der Waals surface area contributed by atoms with Gasteiger partial charge in [-0.25, -0.2) is 0 Å². The van der Waals surface area contributed by atoms with Crippen molar-refractivity contribution in [3.8, 4) is 0 Å². The number of rotatable bonds is 7. The molecular formula is C21H25N3O3. The van der Waals surface area contributed by atoms with Gasteiger partial charge in [-0.3, -0.25) is 14.4 Å². The maximum Gasteiger partial charge on any atom is 0.246 e. The molecule has 1 atom stereocenters. The lowest BCUT2D eigenvalue weighted by Crippen LogP contribution is -2.31. The minimum absolute atomic E-state index is 0.0451.